The highest BCUT2D eigenvalue weighted by atomic mass is 16.7. The number of nitrogens with two attached hydrogens (primary N) is 1. The Labute approximate surface area is 349 Å². The summed E-state index contributed by atoms with van der Waals surface area (Å²) >= 11 is 0. The standard InChI is InChI=1S/C43H68N8O8/c1-11-16-30-21-25(3)23-45-29(7)39-43(8,59-42(55)51(39)20-14-13-19-50-24-32(47-48-50)31-17-15-18-35(44)46-31)34(12-2)57-40(54)28(6)36(52)27(5)38(30)58-41-37(53)33(49(9)10)22-26(4)56-41/h11,15,17-18,24-30,33-34,37-39,41,45,53H,1,12-14,16,19-23H2,2-10H3,(H2,44,46)/t25-,26?,27+,28-,29-,30+,33?,34-,37?,38-,39-,41+,43-/m1/s1. The zero-order chi connectivity index (χ0) is 43.2. The lowest BCUT2D eigenvalue weighted by atomic mass is 9.79. The molecule has 5 heterocycles. The maximum atomic E-state index is 14.3. The fourth-order valence-electron chi connectivity index (χ4n) is 9.30. The van der Waals surface area contributed by atoms with E-state index < -0.39 is 60.1 Å². The Morgan fingerprint density at radius 1 is 1.10 bits per heavy atom. The lowest BCUT2D eigenvalue weighted by Crippen LogP contribution is -2.60. The molecule has 2 aromatic heterocycles. The Bertz CT molecular complexity index is 1740. The van der Waals surface area contributed by atoms with Crippen molar-refractivity contribution >= 4 is 23.7 Å². The minimum Gasteiger partial charge on any atom is -0.458 e. The second-order valence-electron chi connectivity index (χ2n) is 17.5. The maximum absolute atomic E-state index is 14.3. The SMILES string of the molecule is C=CC[C@H]1C[C@@H](C)CN[C@H](C)[C@H]2N(CCCCn3cc(-c4cccc(N)n4)nn3)C(=O)O[C@]2(C)[C@@H](CC)OC(=O)[C@H](C)C(=O)[C@H](C)[C@H]1O[C@@H]1OC(C)CC(N(C)C)C1O. The molecule has 328 valence electrons. The summed E-state index contributed by atoms with van der Waals surface area (Å²) in [4.78, 5) is 50.2. The van der Waals surface area contributed by atoms with Crippen molar-refractivity contribution in [3.63, 3.8) is 0 Å². The van der Waals surface area contributed by atoms with Crippen LogP contribution < -0.4 is 11.1 Å². The number of allylic oxidation sites excluding steroid dienone is 1. The first-order chi connectivity index (χ1) is 28.0. The highest BCUT2D eigenvalue weighted by Crippen LogP contribution is 2.39. The summed E-state index contributed by atoms with van der Waals surface area (Å²) in [6.07, 6.45) is 3.07. The van der Waals surface area contributed by atoms with E-state index in [0.717, 1.165) is 0 Å². The number of hydrogen-bond acceptors (Lipinski definition) is 14. The van der Waals surface area contributed by atoms with Crippen LogP contribution >= 0.6 is 0 Å². The zero-order valence-electron chi connectivity index (χ0n) is 36.5. The van der Waals surface area contributed by atoms with Crippen molar-refractivity contribution in [2.75, 3.05) is 32.9 Å². The van der Waals surface area contributed by atoms with Crippen molar-refractivity contribution in [2.45, 2.75) is 148 Å². The number of nitrogen functional groups attached to an aromatic ring is 1. The molecule has 0 spiro atoms. The summed E-state index contributed by atoms with van der Waals surface area (Å²) < 4.78 is 27.1. The van der Waals surface area contributed by atoms with Crippen LogP contribution in [0.15, 0.2) is 37.1 Å². The Balaban J connectivity index is 1.37. The van der Waals surface area contributed by atoms with Gasteiger partial charge in [-0.15, -0.1) is 11.7 Å². The molecule has 0 saturated carbocycles. The number of fused-ring (bicyclic) bond motifs is 1. The van der Waals surface area contributed by atoms with E-state index in [1.54, 1.807) is 29.5 Å². The first-order valence-corrected chi connectivity index (χ1v) is 21.3. The molecule has 0 aromatic carbocycles. The van der Waals surface area contributed by atoms with E-state index in [0.29, 0.717) is 75.4 Å². The smallest absolute Gasteiger partial charge is 0.410 e. The number of carbonyl (C=O) groups excluding carboxylic acids is 3. The van der Waals surface area contributed by atoms with Crippen molar-refractivity contribution in [3.05, 3.63) is 37.1 Å². The molecule has 4 N–H and O–H groups in total. The molecule has 0 aliphatic carbocycles. The number of ketones is 1. The van der Waals surface area contributed by atoms with E-state index in [1.165, 1.54) is 0 Å². The van der Waals surface area contributed by atoms with Gasteiger partial charge in [0.25, 0.3) is 0 Å². The van der Waals surface area contributed by atoms with Crippen LogP contribution in [0.4, 0.5) is 10.6 Å². The number of aliphatic hydroxyl groups is 1. The highest BCUT2D eigenvalue weighted by molar-refractivity contribution is 6.00. The number of aliphatic hydroxyl groups excluding tert-OH is 1. The van der Waals surface area contributed by atoms with Crippen molar-refractivity contribution in [2.24, 2.45) is 23.7 Å². The average molecular weight is 825 g/mol. The van der Waals surface area contributed by atoms with Crippen molar-refractivity contribution < 1.29 is 38.4 Å². The average Bonchev–Trinajstić information content (AvgIpc) is 3.77. The normalized spacial score (nSPS) is 35.1. The molecule has 2 aromatic rings. The summed E-state index contributed by atoms with van der Waals surface area (Å²) in [5.41, 5.74) is 5.89. The molecule has 3 fully saturated rings. The van der Waals surface area contributed by atoms with Crippen molar-refractivity contribution in [1.82, 2.24) is 35.1 Å². The van der Waals surface area contributed by atoms with Gasteiger partial charge in [0.15, 0.2) is 17.7 Å². The molecular weight excluding hydrogens is 757 g/mol. The van der Waals surface area contributed by atoms with Gasteiger partial charge in [-0.25, -0.2) is 9.78 Å². The lowest BCUT2D eigenvalue weighted by molar-refractivity contribution is -0.278. The molecule has 16 heteroatoms. The number of amides is 1. The first-order valence-electron chi connectivity index (χ1n) is 21.3. The lowest BCUT2D eigenvalue weighted by Gasteiger charge is -2.44. The summed E-state index contributed by atoms with van der Waals surface area (Å²) in [5.74, 6) is -2.61. The van der Waals surface area contributed by atoms with E-state index in [2.05, 4.69) is 34.1 Å². The Morgan fingerprint density at radius 3 is 2.51 bits per heavy atom. The number of aromatic nitrogens is 4. The van der Waals surface area contributed by atoms with E-state index in [1.807, 2.05) is 71.1 Å². The topological polar surface area (TPSA) is 196 Å². The predicted molar refractivity (Wildman–Crippen MR) is 223 cm³/mol. The van der Waals surface area contributed by atoms with Crippen LogP contribution in [0.3, 0.4) is 0 Å². The number of rotatable bonds is 12. The van der Waals surface area contributed by atoms with Crippen LogP contribution in [0, 0.1) is 23.7 Å². The second-order valence-corrected chi connectivity index (χ2v) is 17.5. The Kier molecular flexibility index (Phi) is 15.7. The van der Waals surface area contributed by atoms with Gasteiger partial charge in [0.2, 0.25) is 0 Å². The van der Waals surface area contributed by atoms with Crippen LogP contribution in [0.2, 0.25) is 0 Å². The predicted octanol–water partition coefficient (Wildman–Crippen LogP) is 4.47. The van der Waals surface area contributed by atoms with Gasteiger partial charge in [-0.3, -0.25) is 19.2 Å². The van der Waals surface area contributed by atoms with Crippen LogP contribution in [0.25, 0.3) is 11.4 Å². The summed E-state index contributed by atoms with van der Waals surface area (Å²) in [5, 5.41) is 23.7. The van der Waals surface area contributed by atoms with Gasteiger partial charge >= 0.3 is 12.1 Å². The second kappa shape index (κ2) is 20.1. The largest absolute Gasteiger partial charge is 0.458 e. The molecule has 0 bridgehead atoms. The minimum absolute atomic E-state index is 0.0941. The molecule has 3 unspecified atom stereocenters. The fourth-order valence-corrected chi connectivity index (χ4v) is 9.30. The number of aryl methyl sites for hydroxylation is 1. The highest BCUT2D eigenvalue weighted by Gasteiger charge is 2.58. The number of esters is 1. The Morgan fingerprint density at radius 2 is 1.83 bits per heavy atom. The number of nitrogens with one attached hydrogen (secondary N) is 1. The first kappa shape index (κ1) is 46.1. The van der Waals surface area contributed by atoms with Gasteiger partial charge in [0.1, 0.15) is 29.6 Å². The fraction of sp³-hybridized carbons (Fsp3) is 0.721. The third kappa shape index (κ3) is 10.7. The van der Waals surface area contributed by atoms with Crippen molar-refractivity contribution in [1.29, 1.82) is 0 Å². The quantitative estimate of drug-likeness (QED) is 0.117. The number of unbranched alkanes of at least 4 members (excludes halogenated alkanes) is 1. The van der Waals surface area contributed by atoms with Gasteiger partial charge < -0.3 is 40.0 Å². The number of nitrogens with zero attached hydrogens (tertiary/aromatic N) is 6. The van der Waals surface area contributed by atoms with Crippen LogP contribution in [-0.4, -0.2) is 134 Å². The van der Waals surface area contributed by atoms with Crippen LogP contribution in [0.1, 0.15) is 87.0 Å². The van der Waals surface area contributed by atoms with Gasteiger partial charge in [0.05, 0.1) is 30.1 Å². The molecule has 5 rings (SSSR count). The summed E-state index contributed by atoms with van der Waals surface area (Å²) in [6, 6.07) is 4.39. The van der Waals surface area contributed by atoms with Crippen LogP contribution in [-0.2, 0) is 35.1 Å². The maximum Gasteiger partial charge on any atom is 0.410 e. The van der Waals surface area contributed by atoms with E-state index in [-0.39, 0.29) is 35.8 Å². The molecule has 1 amide bonds. The molecule has 59 heavy (non-hydrogen) atoms. The number of cyclic esters (lactones) is 1. The van der Waals surface area contributed by atoms with E-state index in [4.69, 9.17) is 24.7 Å². The number of pyridine rings is 1. The number of Topliss-reactive ketones (excluding diaryl/α,β-unsaturated/α-hetero) is 1. The van der Waals surface area contributed by atoms with Gasteiger partial charge in [-0.1, -0.05) is 38.1 Å². The van der Waals surface area contributed by atoms with Gasteiger partial charge in [-0.2, -0.15) is 0 Å². The molecule has 3 aliphatic rings. The van der Waals surface area contributed by atoms with Crippen molar-refractivity contribution in [3.8, 4) is 11.4 Å². The summed E-state index contributed by atoms with van der Waals surface area (Å²) in [6.45, 7) is 18.8. The monoisotopic (exact) mass is 825 g/mol. The number of carbonyl (C=O) groups is 3. The minimum atomic E-state index is -1.22. The van der Waals surface area contributed by atoms with E-state index in [9.17, 15) is 19.5 Å². The molecule has 3 saturated heterocycles. The van der Waals surface area contributed by atoms with Gasteiger partial charge in [0, 0.05) is 31.1 Å². The van der Waals surface area contributed by atoms with E-state index >= 15 is 0 Å². The third-order valence-electron chi connectivity index (χ3n) is 12.5. The number of hydrogen-bond donors (Lipinski definition) is 3. The number of anilines is 1. The molecule has 16 nitrogen and oxygen atoms in total. The molecule has 0 radical (unpaired) electrons. The van der Waals surface area contributed by atoms with Gasteiger partial charge in [-0.05, 0) is 111 Å². The number of likely N-dealkylation sites (N-methyl/N-ethyl adjacent to an activating group) is 1. The third-order valence-corrected chi connectivity index (χ3v) is 12.5. The Hall–Kier alpha value is -3.96. The zero-order valence-corrected chi connectivity index (χ0v) is 36.5. The summed E-state index contributed by atoms with van der Waals surface area (Å²) in [7, 11) is 3.83. The molecule has 13 atom stereocenters. The number of ether oxygens (including phenoxy) is 4. The van der Waals surface area contributed by atoms with Crippen LogP contribution in [0.5, 0.6) is 0 Å². The molecule has 3 aliphatic heterocycles. The molecular formula is C43H68N8O8.